The predicted molar refractivity (Wildman–Crippen MR) is 88.5 cm³/mol. The monoisotopic (exact) mass is 353 g/mol. The molecule has 21 heavy (non-hydrogen) atoms. The summed E-state index contributed by atoms with van der Waals surface area (Å²) in [6.07, 6.45) is 0.933. The van der Waals surface area contributed by atoms with E-state index in [1.165, 1.54) is 17.0 Å². The molecule has 0 aromatic carbocycles. The standard InChI is InChI=1S/C15H24BrN5/c1-6-13-15(16)14(20(7-2)19-13)9-21-11(4)12(8-17-5)10(3)18-21/h17H,6-9H2,1-5H3. The minimum atomic E-state index is 0.748. The summed E-state index contributed by atoms with van der Waals surface area (Å²) in [7, 11) is 1.96. The summed E-state index contributed by atoms with van der Waals surface area (Å²) in [5, 5.41) is 12.6. The average molecular weight is 354 g/mol. The Hall–Kier alpha value is -1.14. The Bertz CT molecular complexity index is 627. The number of aryl methyl sites for hydroxylation is 3. The van der Waals surface area contributed by atoms with E-state index in [0.29, 0.717) is 0 Å². The molecule has 0 radical (unpaired) electrons. The van der Waals surface area contributed by atoms with E-state index in [4.69, 9.17) is 5.10 Å². The van der Waals surface area contributed by atoms with Crippen LogP contribution in [0.5, 0.6) is 0 Å². The highest BCUT2D eigenvalue weighted by atomic mass is 79.9. The minimum Gasteiger partial charge on any atom is -0.316 e. The molecule has 0 unspecified atom stereocenters. The third-order valence-electron chi connectivity index (χ3n) is 3.88. The summed E-state index contributed by atoms with van der Waals surface area (Å²) >= 11 is 3.70. The number of aromatic nitrogens is 4. The zero-order valence-corrected chi connectivity index (χ0v) is 15.1. The molecule has 0 saturated carbocycles. The minimum absolute atomic E-state index is 0.748. The van der Waals surface area contributed by atoms with Gasteiger partial charge in [0.1, 0.15) is 0 Å². The largest absolute Gasteiger partial charge is 0.316 e. The first-order valence-electron chi connectivity index (χ1n) is 7.44. The number of hydrogen-bond acceptors (Lipinski definition) is 3. The molecule has 0 bridgehead atoms. The lowest BCUT2D eigenvalue weighted by Crippen LogP contribution is -2.11. The first-order chi connectivity index (χ1) is 10.0. The van der Waals surface area contributed by atoms with Gasteiger partial charge in [-0.1, -0.05) is 6.92 Å². The molecule has 2 aromatic rings. The van der Waals surface area contributed by atoms with E-state index in [1.54, 1.807) is 0 Å². The second-order valence-corrected chi connectivity index (χ2v) is 6.01. The molecule has 0 spiro atoms. The Kier molecular flexibility index (Phi) is 5.22. The van der Waals surface area contributed by atoms with Crippen molar-refractivity contribution in [3.05, 3.63) is 32.8 Å². The molecule has 2 heterocycles. The lowest BCUT2D eigenvalue weighted by Gasteiger charge is -2.08. The maximum atomic E-state index is 4.69. The van der Waals surface area contributed by atoms with Crippen LogP contribution in [0.1, 0.15) is 42.2 Å². The predicted octanol–water partition coefficient (Wildman–Crippen LogP) is 2.81. The highest BCUT2D eigenvalue weighted by Gasteiger charge is 2.17. The van der Waals surface area contributed by atoms with Crippen LogP contribution < -0.4 is 5.32 Å². The van der Waals surface area contributed by atoms with E-state index < -0.39 is 0 Å². The van der Waals surface area contributed by atoms with Crippen molar-refractivity contribution >= 4 is 15.9 Å². The lowest BCUT2D eigenvalue weighted by molar-refractivity contribution is 0.564. The summed E-state index contributed by atoms with van der Waals surface area (Å²) in [4.78, 5) is 0. The summed E-state index contributed by atoms with van der Waals surface area (Å²) < 4.78 is 5.27. The molecule has 2 aromatic heterocycles. The van der Waals surface area contributed by atoms with E-state index >= 15 is 0 Å². The molecule has 0 aliphatic carbocycles. The van der Waals surface area contributed by atoms with Crippen LogP contribution in [-0.4, -0.2) is 26.6 Å². The molecule has 116 valence electrons. The molecule has 6 heteroatoms. The van der Waals surface area contributed by atoms with Crippen molar-refractivity contribution in [3.63, 3.8) is 0 Å². The third-order valence-corrected chi connectivity index (χ3v) is 4.79. The third kappa shape index (κ3) is 3.06. The van der Waals surface area contributed by atoms with Gasteiger partial charge in [0.25, 0.3) is 0 Å². The van der Waals surface area contributed by atoms with Gasteiger partial charge in [0.05, 0.1) is 28.1 Å². The van der Waals surface area contributed by atoms with Crippen molar-refractivity contribution in [1.29, 1.82) is 0 Å². The van der Waals surface area contributed by atoms with Crippen LogP contribution in [0.2, 0.25) is 0 Å². The Morgan fingerprint density at radius 1 is 1.14 bits per heavy atom. The zero-order valence-electron chi connectivity index (χ0n) is 13.5. The molecule has 0 saturated heterocycles. The van der Waals surface area contributed by atoms with Gasteiger partial charge >= 0.3 is 0 Å². The van der Waals surface area contributed by atoms with E-state index in [1.807, 2.05) is 7.05 Å². The van der Waals surface area contributed by atoms with Crippen molar-refractivity contribution in [2.45, 2.75) is 53.8 Å². The fraction of sp³-hybridized carbons (Fsp3) is 0.600. The van der Waals surface area contributed by atoms with Crippen molar-refractivity contribution in [1.82, 2.24) is 24.9 Å². The summed E-state index contributed by atoms with van der Waals surface area (Å²) in [5.74, 6) is 0. The maximum absolute atomic E-state index is 4.69. The number of nitrogens with zero attached hydrogens (tertiary/aromatic N) is 4. The van der Waals surface area contributed by atoms with E-state index in [0.717, 1.165) is 41.9 Å². The Morgan fingerprint density at radius 3 is 2.43 bits per heavy atom. The molecule has 0 atom stereocenters. The van der Waals surface area contributed by atoms with E-state index in [-0.39, 0.29) is 0 Å². The quantitative estimate of drug-likeness (QED) is 0.868. The van der Waals surface area contributed by atoms with Crippen molar-refractivity contribution in [2.24, 2.45) is 0 Å². The van der Waals surface area contributed by atoms with E-state index in [2.05, 4.69) is 63.4 Å². The molecule has 5 nitrogen and oxygen atoms in total. The second-order valence-electron chi connectivity index (χ2n) is 5.21. The number of halogens is 1. The van der Waals surface area contributed by atoms with Gasteiger partial charge in [0.15, 0.2) is 0 Å². The molecular weight excluding hydrogens is 330 g/mol. The van der Waals surface area contributed by atoms with Gasteiger partial charge in [-0.05, 0) is 50.2 Å². The van der Waals surface area contributed by atoms with Gasteiger partial charge in [-0.3, -0.25) is 9.36 Å². The molecule has 0 amide bonds. The fourth-order valence-electron chi connectivity index (χ4n) is 2.63. The van der Waals surface area contributed by atoms with Crippen LogP contribution in [-0.2, 0) is 26.1 Å². The Labute approximate surface area is 134 Å². The average Bonchev–Trinajstić information content (AvgIpc) is 2.92. The smallest absolute Gasteiger partial charge is 0.0843 e. The van der Waals surface area contributed by atoms with Crippen LogP contribution in [0.15, 0.2) is 4.47 Å². The number of rotatable bonds is 6. The van der Waals surface area contributed by atoms with Gasteiger partial charge in [0.2, 0.25) is 0 Å². The van der Waals surface area contributed by atoms with Gasteiger partial charge < -0.3 is 5.32 Å². The molecule has 2 rings (SSSR count). The topological polar surface area (TPSA) is 47.7 Å². The van der Waals surface area contributed by atoms with Gasteiger partial charge in [-0.25, -0.2) is 0 Å². The first-order valence-corrected chi connectivity index (χ1v) is 8.24. The summed E-state index contributed by atoms with van der Waals surface area (Å²) in [5.41, 5.74) is 5.90. The van der Waals surface area contributed by atoms with Crippen LogP contribution in [0.4, 0.5) is 0 Å². The van der Waals surface area contributed by atoms with Crippen molar-refractivity contribution in [3.8, 4) is 0 Å². The summed E-state index contributed by atoms with van der Waals surface area (Å²) in [6, 6.07) is 0. The molecule has 1 N–H and O–H groups in total. The number of nitrogens with one attached hydrogen (secondary N) is 1. The number of hydrogen-bond donors (Lipinski definition) is 1. The highest BCUT2D eigenvalue weighted by molar-refractivity contribution is 9.10. The van der Waals surface area contributed by atoms with Crippen LogP contribution in [0.25, 0.3) is 0 Å². The SMILES string of the molecule is CCc1nn(CC)c(Cn2nc(C)c(CNC)c2C)c1Br. The lowest BCUT2D eigenvalue weighted by atomic mass is 10.2. The zero-order chi connectivity index (χ0) is 15.6. The van der Waals surface area contributed by atoms with Crippen LogP contribution in [0.3, 0.4) is 0 Å². The highest BCUT2D eigenvalue weighted by Crippen LogP contribution is 2.24. The molecular formula is C15H24BrN5. The normalized spacial score (nSPS) is 11.3. The summed E-state index contributed by atoms with van der Waals surface area (Å²) in [6.45, 7) is 10.9. The van der Waals surface area contributed by atoms with E-state index in [9.17, 15) is 0 Å². The van der Waals surface area contributed by atoms with Crippen molar-refractivity contribution in [2.75, 3.05) is 7.05 Å². The Morgan fingerprint density at radius 2 is 1.86 bits per heavy atom. The maximum Gasteiger partial charge on any atom is 0.0843 e. The molecule has 0 aliphatic heterocycles. The van der Waals surface area contributed by atoms with Crippen LogP contribution >= 0.6 is 15.9 Å². The van der Waals surface area contributed by atoms with Gasteiger partial charge in [-0.15, -0.1) is 0 Å². The van der Waals surface area contributed by atoms with Crippen molar-refractivity contribution < 1.29 is 0 Å². The Balaban J connectivity index is 2.39. The van der Waals surface area contributed by atoms with Gasteiger partial charge in [0, 0.05) is 24.3 Å². The first kappa shape index (κ1) is 16.2. The fourth-order valence-corrected chi connectivity index (χ4v) is 3.32. The van der Waals surface area contributed by atoms with Gasteiger partial charge in [-0.2, -0.15) is 10.2 Å². The molecule has 0 aliphatic rings. The van der Waals surface area contributed by atoms with Crippen LogP contribution in [0, 0.1) is 13.8 Å². The second kappa shape index (κ2) is 6.75. The molecule has 0 fully saturated rings.